The second-order valence-electron chi connectivity index (χ2n) is 4.31. The molecule has 0 amide bonds. The number of nitrogens with zero attached hydrogens (tertiary/aromatic N) is 3. The number of carbonyl (C=O) groups is 1. The molecule has 2 aromatic rings. The summed E-state index contributed by atoms with van der Waals surface area (Å²) in [5.74, 6) is -0.00345. The Morgan fingerprint density at radius 3 is 2.75 bits per heavy atom. The van der Waals surface area contributed by atoms with Gasteiger partial charge in [-0.3, -0.25) is 9.36 Å². The van der Waals surface area contributed by atoms with Crippen LogP contribution in [-0.2, 0) is 4.79 Å². The van der Waals surface area contributed by atoms with Gasteiger partial charge in [0.05, 0.1) is 10.6 Å². The summed E-state index contributed by atoms with van der Waals surface area (Å²) < 4.78 is 2.08. The van der Waals surface area contributed by atoms with Crippen LogP contribution in [0.2, 0.25) is 0 Å². The number of aromatic nitrogens is 3. The molecule has 0 atom stereocenters. The fourth-order valence-electron chi connectivity index (χ4n) is 2.06. The Labute approximate surface area is 126 Å². The van der Waals surface area contributed by atoms with Crippen molar-refractivity contribution in [1.29, 1.82) is 0 Å². The van der Waals surface area contributed by atoms with Gasteiger partial charge in [0, 0.05) is 6.04 Å². The topological polar surface area (TPSA) is 68.0 Å². The van der Waals surface area contributed by atoms with E-state index in [4.69, 9.17) is 5.11 Å². The van der Waals surface area contributed by atoms with E-state index in [1.54, 1.807) is 11.3 Å². The van der Waals surface area contributed by atoms with E-state index in [1.165, 1.54) is 11.8 Å². The van der Waals surface area contributed by atoms with Gasteiger partial charge in [0.1, 0.15) is 0 Å². The Balaban J connectivity index is 2.39. The number of hydrogen-bond donors (Lipinski definition) is 1. The molecule has 0 bridgehead atoms. The number of rotatable bonds is 7. The first-order valence-electron chi connectivity index (χ1n) is 6.50. The highest BCUT2D eigenvalue weighted by atomic mass is 32.2. The maximum absolute atomic E-state index is 10.8. The highest BCUT2D eigenvalue weighted by Crippen LogP contribution is 2.32. The molecule has 0 aliphatic rings. The zero-order chi connectivity index (χ0) is 14.5. The van der Waals surface area contributed by atoms with Crippen molar-refractivity contribution in [2.75, 3.05) is 5.75 Å². The SMILES string of the molecule is CCC(CC)n1c(SCC(=O)O)nnc1-c1cccs1. The van der Waals surface area contributed by atoms with Crippen molar-refractivity contribution in [2.45, 2.75) is 37.9 Å². The van der Waals surface area contributed by atoms with Crippen LogP contribution in [0, 0.1) is 0 Å². The van der Waals surface area contributed by atoms with E-state index in [1.807, 2.05) is 17.5 Å². The fraction of sp³-hybridized carbons (Fsp3) is 0.462. The highest BCUT2D eigenvalue weighted by Gasteiger charge is 2.20. The third kappa shape index (κ3) is 3.21. The molecule has 7 heteroatoms. The molecule has 0 spiro atoms. The van der Waals surface area contributed by atoms with Gasteiger partial charge < -0.3 is 5.11 Å². The van der Waals surface area contributed by atoms with Crippen LogP contribution in [0.4, 0.5) is 0 Å². The Morgan fingerprint density at radius 1 is 1.45 bits per heavy atom. The lowest BCUT2D eigenvalue weighted by atomic mass is 10.1. The summed E-state index contributed by atoms with van der Waals surface area (Å²) in [6.07, 6.45) is 1.93. The van der Waals surface area contributed by atoms with Gasteiger partial charge in [0.25, 0.3) is 0 Å². The second kappa shape index (κ2) is 6.90. The molecule has 0 saturated heterocycles. The third-order valence-electron chi connectivity index (χ3n) is 3.04. The van der Waals surface area contributed by atoms with Gasteiger partial charge in [-0.05, 0) is 24.3 Å². The molecule has 0 unspecified atom stereocenters. The van der Waals surface area contributed by atoms with Gasteiger partial charge in [0.2, 0.25) is 0 Å². The van der Waals surface area contributed by atoms with Gasteiger partial charge in [-0.15, -0.1) is 21.5 Å². The van der Waals surface area contributed by atoms with Gasteiger partial charge in [-0.25, -0.2) is 0 Å². The summed E-state index contributed by atoms with van der Waals surface area (Å²) in [4.78, 5) is 11.8. The van der Waals surface area contributed by atoms with E-state index in [-0.39, 0.29) is 5.75 Å². The van der Waals surface area contributed by atoms with Crippen molar-refractivity contribution in [3.8, 4) is 10.7 Å². The van der Waals surface area contributed by atoms with Crippen LogP contribution >= 0.6 is 23.1 Å². The first kappa shape index (κ1) is 15.1. The van der Waals surface area contributed by atoms with Gasteiger partial charge in [0.15, 0.2) is 11.0 Å². The minimum absolute atomic E-state index is 0.00270. The van der Waals surface area contributed by atoms with Crippen molar-refractivity contribution >= 4 is 29.1 Å². The van der Waals surface area contributed by atoms with Crippen molar-refractivity contribution in [3.05, 3.63) is 17.5 Å². The monoisotopic (exact) mass is 311 g/mol. The Hall–Kier alpha value is -1.34. The van der Waals surface area contributed by atoms with E-state index in [2.05, 4.69) is 28.6 Å². The van der Waals surface area contributed by atoms with Crippen molar-refractivity contribution in [2.24, 2.45) is 0 Å². The van der Waals surface area contributed by atoms with Crippen LogP contribution in [-0.4, -0.2) is 31.6 Å². The van der Waals surface area contributed by atoms with Crippen LogP contribution < -0.4 is 0 Å². The molecule has 0 fully saturated rings. The van der Waals surface area contributed by atoms with Crippen molar-refractivity contribution in [1.82, 2.24) is 14.8 Å². The summed E-state index contributed by atoms with van der Waals surface area (Å²) in [6.45, 7) is 4.25. The Bertz CT molecular complexity index is 562. The molecule has 108 valence electrons. The van der Waals surface area contributed by atoms with Crippen LogP contribution in [0.5, 0.6) is 0 Å². The first-order chi connectivity index (χ1) is 9.67. The summed E-state index contributed by atoms with van der Waals surface area (Å²) in [5, 5.41) is 20.0. The molecule has 0 aliphatic heterocycles. The van der Waals surface area contributed by atoms with E-state index in [0.717, 1.165) is 23.5 Å². The van der Waals surface area contributed by atoms with E-state index < -0.39 is 5.97 Å². The quantitative estimate of drug-likeness (QED) is 0.792. The number of aliphatic carboxylic acids is 1. The minimum atomic E-state index is -0.841. The summed E-state index contributed by atoms with van der Waals surface area (Å²) in [6, 6.07) is 4.29. The molecule has 0 aromatic carbocycles. The van der Waals surface area contributed by atoms with E-state index in [9.17, 15) is 4.79 Å². The molecule has 1 N–H and O–H groups in total. The van der Waals surface area contributed by atoms with Crippen LogP contribution in [0.15, 0.2) is 22.7 Å². The zero-order valence-corrected chi connectivity index (χ0v) is 13.1. The smallest absolute Gasteiger partial charge is 0.313 e. The van der Waals surface area contributed by atoms with E-state index >= 15 is 0 Å². The first-order valence-corrected chi connectivity index (χ1v) is 8.37. The van der Waals surface area contributed by atoms with Crippen molar-refractivity contribution < 1.29 is 9.90 Å². The Kier molecular flexibility index (Phi) is 5.19. The average molecular weight is 311 g/mol. The highest BCUT2D eigenvalue weighted by molar-refractivity contribution is 7.99. The number of carboxylic acids is 1. The lowest BCUT2D eigenvalue weighted by Crippen LogP contribution is -2.11. The maximum Gasteiger partial charge on any atom is 0.313 e. The lowest BCUT2D eigenvalue weighted by molar-refractivity contribution is -0.133. The molecule has 5 nitrogen and oxygen atoms in total. The van der Waals surface area contributed by atoms with Gasteiger partial charge >= 0.3 is 5.97 Å². The minimum Gasteiger partial charge on any atom is -0.481 e. The summed E-state index contributed by atoms with van der Waals surface area (Å²) in [7, 11) is 0. The number of hydrogen-bond acceptors (Lipinski definition) is 5. The normalized spacial score (nSPS) is 11.2. The fourth-order valence-corrected chi connectivity index (χ4v) is 3.49. The number of thiophene rings is 1. The molecule has 2 rings (SSSR count). The van der Waals surface area contributed by atoms with Crippen LogP contribution in [0.1, 0.15) is 32.7 Å². The largest absolute Gasteiger partial charge is 0.481 e. The van der Waals surface area contributed by atoms with Crippen LogP contribution in [0.25, 0.3) is 10.7 Å². The molecule has 20 heavy (non-hydrogen) atoms. The third-order valence-corrected chi connectivity index (χ3v) is 4.83. The number of thioether (sulfide) groups is 1. The molecule has 0 aliphatic carbocycles. The molecule has 2 aromatic heterocycles. The molecule has 0 saturated carbocycles. The lowest BCUT2D eigenvalue weighted by Gasteiger charge is -2.18. The van der Waals surface area contributed by atoms with Gasteiger partial charge in [-0.1, -0.05) is 31.7 Å². The van der Waals surface area contributed by atoms with Gasteiger partial charge in [-0.2, -0.15) is 0 Å². The Morgan fingerprint density at radius 2 is 2.20 bits per heavy atom. The number of carboxylic acid groups (broad SMARTS) is 1. The second-order valence-corrected chi connectivity index (χ2v) is 6.20. The van der Waals surface area contributed by atoms with Crippen LogP contribution in [0.3, 0.4) is 0 Å². The molecule has 2 heterocycles. The maximum atomic E-state index is 10.8. The predicted molar refractivity (Wildman–Crippen MR) is 81.3 cm³/mol. The molecule has 0 radical (unpaired) electrons. The zero-order valence-electron chi connectivity index (χ0n) is 11.4. The summed E-state index contributed by atoms with van der Waals surface area (Å²) >= 11 is 2.84. The average Bonchev–Trinajstić information content (AvgIpc) is 3.06. The molecular weight excluding hydrogens is 294 g/mol. The van der Waals surface area contributed by atoms with E-state index in [0.29, 0.717) is 11.2 Å². The molecular formula is C13H17N3O2S2. The predicted octanol–water partition coefficient (Wildman–Crippen LogP) is 3.54. The van der Waals surface area contributed by atoms with Crippen molar-refractivity contribution in [3.63, 3.8) is 0 Å². The standard InChI is InChI=1S/C13H17N3O2S2/c1-3-9(4-2)16-12(10-6-5-7-19-10)14-15-13(16)20-8-11(17)18/h5-7,9H,3-4,8H2,1-2H3,(H,17,18). The summed E-state index contributed by atoms with van der Waals surface area (Å²) in [5.41, 5.74) is 0.